The summed E-state index contributed by atoms with van der Waals surface area (Å²) in [4.78, 5) is 12.7. The van der Waals surface area contributed by atoms with Crippen LogP contribution >= 0.6 is 0 Å². The van der Waals surface area contributed by atoms with Gasteiger partial charge in [0.1, 0.15) is 0 Å². The molecule has 0 spiro atoms. The summed E-state index contributed by atoms with van der Waals surface area (Å²) in [6.45, 7) is 1.85. The molecule has 2 aromatic carbocycles. The van der Waals surface area contributed by atoms with Crippen LogP contribution in [0.1, 0.15) is 12.8 Å². The number of anilines is 2. The number of H-pyrrole nitrogens is 1. The highest BCUT2D eigenvalue weighted by atomic mass is 16.6. The molecule has 4 rings (SSSR count). The Morgan fingerprint density at radius 3 is 2.88 bits per heavy atom. The molecule has 1 aromatic heterocycles. The minimum absolute atomic E-state index is 0.129. The van der Waals surface area contributed by atoms with Gasteiger partial charge >= 0.3 is 0 Å². The van der Waals surface area contributed by atoms with Crippen molar-refractivity contribution in [2.24, 2.45) is 0 Å². The lowest BCUT2D eigenvalue weighted by Gasteiger charge is -2.35. The number of aromatic amines is 1. The molecule has 0 radical (unpaired) electrons. The largest absolute Gasteiger partial charge is 0.381 e. The third kappa shape index (κ3) is 3.26. The van der Waals surface area contributed by atoms with Gasteiger partial charge in [-0.25, -0.2) is 0 Å². The van der Waals surface area contributed by atoms with Gasteiger partial charge in [-0.05, 0) is 43.2 Å². The quantitative estimate of drug-likeness (QED) is 0.561. The molecule has 0 amide bonds. The molecule has 1 unspecified atom stereocenters. The van der Waals surface area contributed by atoms with Gasteiger partial charge in [0.15, 0.2) is 0 Å². The van der Waals surface area contributed by atoms with Gasteiger partial charge in [-0.3, -0.25) is 15.2 Å². The van der Waals surface area contributed by atoms with Gasteiger partial charge in [-0.15, -0.1) is 0 Å². The van der Waals surface area contributed by atoms with Crippen LogP contribution in [0.5, 0.6) is 0 Å². The number of hydrogen-bond donors (Lipinski definition) is 2. The third-order valence-electron chi connectivity index (χ3n) is 4.66. The summed E-state index contributed by atoms with van der Waals surface area (Å²) in [5, 5.41) is 22.5. The second-order valence-corrected chi connectivity index (χ2v) is 6.38. The highest BCUT2D eigenvalue weighted by molar-refractivity contribution is 5.81. The lowest BCUT2D eigenvalue weighted by atomic mass is 10.0. The number of nitrogens with zero attached hydrogens (tertiary/aromatic N) is 3. The maximum Gasteiger partial charge on any atom is 0.269 e. The first-order valence-corrected chi connectivity index (χ1v) is 8.38. The van der Waals surface area contributed by atoms with Crippen LogP contribution in [0.15, 0.2) is 48.7 Å². The van der Waals surface area contributed by atoms with Gasteiger partial charge in [0.25, 0.3) is 5.69 Å². The lowest BCUT2D eigenvalue weighted by molar-refractivity contribution is -0.384. The molecule has 2 N–H and O–H groups in total. The number of benzene rings is 2. The number of piperidine rings is 1. The van der Waals surface area contributed by atoms with Crippen molar-refractivity contribution in [3.63, 3.8) is 0 Å². The summed E-state index contributed by atoms with van der Waals surface area (Å²) in [6, 6.07) is 13.3. The van der Waals surface area contributed by atoms with E-state index in [0.717, 1.165) is 48.2 Å². The van der Waals surface area contributed by atoms with Gasteiger partial charge in [0.05, 0.1) is 16.6 Å². The number of nitrogens with one attached hydrogen (secondary N) is 2. The molecule has 7 heteroatoms. The molecular formula is C18H19N5O2. The van der Waals surface area contributed by atoms with E-state index in [2.05, 4.69) is 32.5 Å². The van der Waals surface area contributed by atoms with Crippen LogP contribution in [0.4, 0.5) is 17.1 Å². The molecule has 1 saturated heterocycles. The van der Waals surface area contributed by atoms with Crippen LogP contribution in [-0.4, -0.2) is 34.3 Å². The summed E-state index contributed by atoms with van der Waals surface area (Å²) in [6.07, 6.45) is 4.01. The monoisotopic (exact) mass is 337 g/mol. The normalized spacial score (nSPS) is 17.6. The maximum absolute atomic E-state index is 10.8. The average molecular weight is 337 g/mol. The van der Waals surface area contributed by atoms with E-state index in [1.54, 1.807) is 12.1 Å². The third-order valence-corrected chi connectivity index (χ3v) is 4.66. The smallest absolute Gasteiger partial charge is 0.269 e. The highest BCUT2D eigenvalue weighted by Crippen LogP contribution is 2.25. The molecule has 2 heterocycles. The SMILES string of the molecule is O=[N+]([O-])c1ccc(N2CCCC(Nc3ccc4[nH]ncc4c3)C2)cc1. The van der Waals surface area contributed by atoms with E-state index in [1.807, 2.05) is 24.4 Å². The molecule has 1 aliphatic rings. The molecule has 1 fully saturated rings. The minimum Gasteiger partial charge on any atom is -0.381 e. The second-order valence-electron chi connectivity index (χ2n) is 6.38. The van der Waals surface area contributed by atoms with Gasteiger partial charge in [-0.1, -0.05) is 0 Å². The first-order chi connectivity index (χ1) is 12.2. The van der Waals surface area contributed by atoms with Crippen LogP contribution in [-0.2, 0) is 0 Å². The maximum atomic E-state index is 10.8. The van der Waals surface area contributed by atoms with Crippen LogP contribution < -0.4 is 10.2 Å². The van der Waals surface area contributed by atoms with Crippen molar-refractivity contribution in [2.75, 3.05) is 23.3 Å². The fourth-order valence-corrected chi connectivity index (χ4v) is 3.38. The Kier molecular flexibility index (Phi) is 3.97. The van der Waals surface area contributed by atoms with E-state index in [1.165, 1.54) is 0 Å². The van der Waals surface area contributed by atoms with Crippen molar-refractivity contribution >= 4 is 28.0 Å². The fourth-order valence-electron chi connectivity index (χ4n) is 3.38. The zero-order valence-corrected chi connectivity index (χ0v) is 13.7. The van der Waals surface area contributed by atoms with Crippen molar-refractivity contribution in [3.8, 4) is 0 Å². The van der Waals surface area contributed by atoms with Gasteiger partial charge in [-0.2, -0.15) is 5.10 Å². The van der Waals surface area contributed by atoms with Gasteiger partial charge in [0.2, 0.25) is 0 Å². The van der Waals surface area contributed by atoms with Crippen molar-refractivity contribution < 1.29 is 4.92 Å². The van der Waals surface area contributed by atoms with E-state index < -0.39 is 0 Å². The van der Waals surface area contributed by atoms with Crippen molar-refractivity contribution in [3.05, 3.63) is 58.8 Å². The number of rotatable bonds is 4. The Morgan fingerprint density at radius 1 is 1.24 bits per heavy atom. The summed E-state index contributed by atoms with van der Waals surface area (Å²) in [5.74, 6) is 0. The molecule has 1 aliphatic heterocycles. The molecule has 3 aromatic rings. The minimum atomic E-state index is -0.365. The number of non-ortho nitro benzene ring substituents is 1. The van der Waals surface area contributed by atoms with Crippen LogP contribution in [0, 0.1) is 10.1 Å². The summed E-state index contributed by atoms with van der Waals surface area (Å²) in [5.41, 5.74) is 3.28. The molecule has 0 saturated carbocycles. The zero-order valence-electron chi connectivity index (χ0n) is 13.7. The topological polar surface area (TPSA) is 87.1 Å². The molecule has 1 atom stereocenters. The number of nitro groups is 1. The number of fused-ring (bicyclic) bond motifs is 1. The van der Waals surface area contributed by atoms with Gasteiger partial charge < -0.3 is 10.2 Å². The van der Waals surface area contributed by atoms with E-state index in [9.17, 15) is 10.1 Å². The van der Waals surface area contributed by atoms with E-state index in [4.69, 9.17) is 0 Å². The van der Waals surface area contributed by atoms with Crippen molar-refractivity contribution in [2.45, 2.75) is 18.9 Å². The molecular weight excluding hydrogens is 318 g/mol. The Hall–Kier alpha value is -3.09. The Morgan fingerprint density at radius 2 is 2.08 bits per heavy atom. The zero-order chi connectivity index (χ0) is 17.2. The van der Waals surface area contributed by atoms with E-state index in [-0.39, 0.29) is 10.6 Å². The first-order valence-electron chi connectivity index (χ1n) is 8.38. The average Bonchev–Trinajstić information content (AvgIpc) is 3.10. The number of aromatic nitrogens is 2. The molecule has 0 aliphatic carbocycles. The van der Waals surface area contributed by atoms with Crippen LogP contribution in [0.3, 0.4) is 0 Å². The summed E-state index contributed by atoms with van der Waals surface area (Å²) < 4.78 is 0. The standard InChI is InChI=1S/C18H19N5O2/c24-23(25)17-6-4-16(5-7-17)22-9-1-2-15(12-22)20-14-3-8-18-13(10-14)11-19-21-18/h3-8,10-11,15,20H,1-2,9,12H2,(H,19,21). The molecule has 0 bridgehead atoms. The fraction of sp³-hybridized carbons (Fsp3) is 0.278. The second kappa shape index (κ2) is 6.43. The van der Waals surface area contributed by atoms with Crippen molar-refractivity contribution in [1.29, 1.82) is 0 Å². The summed E-state index contributed by atoms with van der Waals surface area (Å²) >= 11 is 0. The summed E-state index contributed by atoms with van der Waals surface area (Å²) in [7, 11) is 0. The molecule has 7 nitrogen and oxygen atoms in total. The lowest BCUT2D eigenvalue weighted by Crippen LogP contribution is -2.42. The molecule has 25 heavy (non-hydrogen) atoms. The van der Waals surface area contributed by atoms with Crippen LogP contribution in [0.2, 0.25) is 0 Å². The number of nitro benzene ring substituents is 1. The van der Waals surface area contributed by atoms with E-state index in [0.29, 0.717) is 6.04 Å². The Bertz CT molecular complexity index is 890. The molecule has 128 valence electrons. The predicted octanol–water partition coefficient (Wildman–Crippen LogP) is 3.55. The van der Waals surface area contributed by atoms with Crippen molar-refractivity contribution in [1.82, 2.24) is 10.2 Å². The first kappa shape index (κ1) is 15.4. The Labute approximate surface area is 144 Å². The Balaban J connectivity index is 1.45. The van der Waals surface area contributed by atoms with E-state index >= 15 is 0 Å². The van der Waals surface area contributed by atoms with Crippen LogP contribution in [0.25, 0.3) is 10.9 Å². The predicted molar refractivity (Wildman–Crippen MR) is 98.0 cm³/mol. The van der Waals surface area contributed by atoms with Gasteiger partial charge in [0, 0.05) is 48.0 Å². The highest BCUT2D eigenvalue weighted by Gasteiger charge is 2.20. The number of hydrogen-bond acceptors (Lipinski definition) is 5.